The van der Waals surface area contributed by atoms with E-state index in [1.165, 1.54) is 0 Å². The van der Waals surface area contributed by atoms with E-state index >= 15 is 0 Å². The van der Waals surface area contributed by atoms with Crippen LogP contribution >= 0.6 is 0 Å². The predicted octanol–water partition coefficient (Wildman–Crippen LogP) is 2.54. The number of nitrogens with one attached hydrogen (secondary N) is 1. The quantitative estimate of drug-likeness (QED) is 0.562. The maximum Gasteiger partial charge on any atom is 0.252 e. The largest absolute Gasteiger partial charge is 0.497 e. The zero-order chi connectivity index (χ0) is 23.8. The Hall–Kier alpha value is -2.98. The summed E-state index contributed by atoms with van der Waals surface area (Å²) in [4.78, 5) is 18.1. The van der Waals surface area contributed by atoms with Crippen molar-refractivity contribution in [3.8, 4) is 17.0 Å². The number of aryl methyl sites for hydroxylation is 1. The molecule has 2 aromatic heterocycles. The number of rotatable bonds is 7. The number of hydrogen-bond acceptors (Lipinski definition) is 7. The molecule has 1 aromatic carbocycles. The molecular formula is C23H28N4O5S. The molecular weight excluding hydrogens is 444 g/mol. The van der Waals surface area contributed by atoms with E-state index in [0.717, 1.165) is 5.56 Å². The fourth-order valence-corrected chi connectivity index (χ4v) is 5.93. The molecule has 3 aromatic rings. The second kappa shape index (κ2) is 9.11. The van der Waals surface area contributed by atoms with Crippen molar-refractivity contribution < 1.29 is 22.7 Å². The van der Waals surface area contributed by atoms with Gasteiger partial charge in [-0.05, 0) is 38.5 Å². The van der Waals surface area contributed by atoms with Gasteiger partial charge in [-0.25, -0.2) is 18.1 Å². The van der Waals surface area contributed by atoms with Crippen molar-refractivity contribution in [3.63, 3.8) is 0 Å². The van der Waals surface area contributed by atoms with Crippen molar-refractivity contribution in [2.24, 2.45) is 0 Å². The third kappa shape index (κ3) is 4.72. The molecule has 2 atom stereocenters. The van der Waals surface area contributed by atoms with Gasteiger partial charge in [0.25, 0.3) is 5.91 Å². The Morgan fingerprint density at radius 2 is 2.09 bits per heavy atom. The summed E-state index contributed by atoms with van der Waals surface area (Å²) < 4.78 is 36.4. The average Bonchev–Trinajstić information content (AvgIpc) is 3.32. The van der Waals surface area contributed by atoms with Crippen LogP contribution < -0.4 is 10.1 Å². The van der Waals surface area contributed by atoms with Gasteiger partial charge in [-0.2, -0.15) is 5.10 Å². The number of methoxy groups -OCH3 is 2. The lowest BCUT2D eigenvalue weighted by Gasteiger charge is -2.15. The van der Waals surface area contributed by atoms with Gasteiger partial charge in [-0.1, -0.05) is 12.1 Å². The molecule has 1 aliphatic heterocycles. The molecule has 1 saturated heterocycles. The minimum Gasteiger partial charge on any atom is -0.497 e. The van der Waals surface area contributed by atoms with Crippen molar-refractivity contribution in [1.82, 2.24) is 20.1 Å². The number of carbonyl (C=O) groups excluding carboxylic acids is 1. The molecule has 10 heteroatoms. The minimum absolute atomic E-state index is 0.0146. The monoisotopic (exact) mass is 472 g/mol. The second-order valence-corrected chi connectivity index (χ2v) is 10.6. The van der Waals surface area contributed by atoms with Gasteiger partial charge in [-0.3, -0.25) is 4.79 Å². The van der Waals surface area contributed by atoms with Crippen molar-refractivity contribution in [3.05, 3.63) is 41.6 Å². The third-order valence-electron chi connectivity index (χ3n) is 5.80. The number of nitrogens with zero attached hydrogens (tertiary/aromatic N) is 3. The number of aromatic nitrogens is 3. The first-order valence-corrected chi connectivity index (χ1v) is 12.6. The minimum atomic E-state index is -3.12. The molecule has 9 nitrogen and oxygen atoms in total. The number of fused-ring (bicyclic) bond motifs is 1. The van der Waals surface area contributed by atoms with Gasteiger partial charge in [0, 0.05) is 18.7 Å². The van der Waals surface area contributed by atoms with Gasteiger partial charge in [0.1, 0.15) is 5.75 Å². The van der Waals surface area contributed by atoms with Crippen LogP contribution in [0.15, 0.2) is 30.3 Å². The molecule has 3 heterocycles. The molecule has 4 rings (SSSR count). The number of pyridine rings is 1. The van der Waals surface area contributed by atoms with Crippen molar-refractivity contribution in [2.75, 3.05) is 32.3 Å². The van der Waals surface area contributed by atoms with E-state index in [1.807, 2.05) is 38.1 Å². The van der Waals surface area contributed by atoms with E-state index in [0.29, 0.717) is 46.8 Å². The van der Waals surface area contributed by atoms with Crippen LogP contribution in [0.1, 0.15) is 35.4 Å². The number of ether oxygens (including phenoxy) is 2. The lowest BCUT2D eigenvalue weighted by molar-refractivity contribution is 0.0907. The first-order chi connectivity index (χ1) is 15.7. The molecule has 0 radical (unpaired) electrons. The number of hydrogen-bond donors (Lipinski definition) is 1. The van der Waals surface area contributed by atoms with Crippen molar-refractivity contribution in [1.29, 1.82) is 0 Å². The normalized spacial score (nSPS) is 18.4. The van der Waals surface area contributed by atoms with Crippen LogP contribution in [-0.2, 0) is 14.6 Å². The molecule has 176 valence electrons. The Bertz CT molecular complexity index is 1300. The second-order valence-electron chi connectivity index (χ2n) is 8.40. The lowest BCUT2D eigenvalue weighted by Crippen LogP contribution is -2.35. The maximum absolute atomic E-state index is 13.3. The zero-order valence-corrected chi connectivity index (χ0v) is 20.0. The number of benzene rings is 1. The zero-order valence-electron chi connectivity index (χ0n) is 19.2. The van der Waals surface area contributed by atoms with E-state index in [4.69, 9.17) is 14.5 Å². The van der Waals surface area contributed by atoms with Crippen LogP contribution in [0.25, 0.3) is 22.3 Å². The van der Waals surface area contributed by atoms with Gasteiger partial charge in [0.05, 0.1) is 53.6 Å². The Morgan fingerprint density at radius 3 is 2.76 bits per heavy atom. The Labute approximate surface area is 193 Å². The summed E-state index contributed by atoms with van der Waals surface area (Å²) in [6.45, 7) is 4.05. The maximum atomic E-state index is 13.3. The van der Waals surface area contributed by atoms with Crippen LogP contribution in [-0.4, -0.2) is 67.5 Å². The Morgan fingerprint density at radius 1 is 1.30 bits per heavy atom. The summed E-state index contributed by atoms with van der Waals surface area (Å²) in [6.07, 6.45) is 0.468. The summed E-state index contributed by atoms with van der Waals surface area (Å²) in [5, 5.41) is 8.20. The SMILES string of the molecule is COCC(C)NC(=O)c1cc(-c2cccc(OC)c2)nc2c1c(C)nn2C1CCS(=O)(=O)C1. The molecule has 1 amide bonds. The Balaban J connectivity index is 1.89. The number of amides is 1. The highest BCUT2D eigenvalue weighted by Crippen LogP contribution is 2.32. The molecule has 0 spiro atoms. The summed E-state index contributed by atoms with van der Waals surface area (Å²) in [6, 6.07) is 8.66. The first kappa shape index (κ1) is 23.2. The summed E-state index contributed by atoms with van der Waals surface area (Å²) in [5.74, 6) is 0.536. The molecule has 1 N–H and O–H groups in total. The molecule has 2 unspecified atom stereocenters. The standard InChI is InChI=1S/C23H28N4O5S/c1-14(12-31-3)24-23(28)19-11-20(16-6-5-7-18(10-16)32-4)25-22-21(19)15(2)26-27(22)17-8-9-33(29,30)13-17/h5-7,10-11,14,17H,8-9,12-13H2,1-4H3,(H,24,28). The van der Waals surface area contributed by atoms with Gasteiger partial charge >= 0.3 is 0 Å². The Kier molecular flexibility index (Phi) is 6.40. The van der Waals surface area contributed by atoms with Gasteiger partial charge in [-0.15, -0.1) is 0 Å². The van der Waals surface area contributed by atoms with Gasteiger partial charge < -0.3 is 14.8 Å². The fourth-order valence-electron chi connectivity index (χ4n) is 4.24. The van der Waals surface area contributed by atoms with E-state index in [2.05, 4.69) is 10.4 Å². The molecule has 33 heavy (non-hydrogen) atoms. The van der Waals surface area contributed by atoms with Crippen LogP contribution in [0.3, 0.4) is 0 Å². The van der Waals surface area contributed by atoms with Crippen LogP contribution in [0.2, 0.25) is 0 Å². The van der Waals surface area contributed by atoms with Crippen LogP contribution in [0.4, 0.5) is 0 Å². The van der Waals surface area contributed by atoms with E-state index in [1.54, 1.807) is 25.0 Å². The fraction of sp³-hybridized carbons (Fsp3) is 0.435. The summed E-state index contributed by atoms with van der Waals surface area (Å²) in [7, 11) is 0.0481. The van der Waals surface area contributed by atoms with Crippen molar-refractivity contribution in [2.45, 2.75) is 32.4 Å². The number of sulfone groups is 1. The highest BCUT2D eigenvalue weighted by molar-refractivity contribution is 7.91. The third-order valence-corrected chi connectivity index (χ3v) is 7.55. The summed E-state index contributed by atoms with van der Waals surface area (Å²) in [5.41, 5.74) is 2.92. The number of carbonyl (C=O) groups is 1. The van der Waals surface area contributed by atoms with E-state index in [-0.39, 0.29) is 29.5 Å². The average molecular weight is 473 g/mol. The van der Waals surface area contributed by atoms with Crippen molar-refractivity contribution >= 4 is 26.8 Å². The molecule has 0 aliphatic carbocycles. The van der Waals surface area contributed by atoms with E-state index < -0.39 is 9.84 Å². The predicted molar refractivity (Wildman–Crippen MR) is 125 cm³/mol. The molecule has 0 bridgehead atoms. The highest BCUT2D eigenvalue weighted by Gasteiger charge is 2.32. The smallest absolute Gasteiger partial charge is 0.252 e. The van der Waals surface area contributed by atoms with Crippen LogP contribution in [0.5, 0.6) is 5.75 Å². The molecule has 1 fully saturated rings. The molecule has 1 aliphatic rings. The molecule has 0 saturated carbocycles. The van der Waals surface area contributed by atoms with Crippen LogP contribution in [0, 0.1) is 6.92 Å². The van der Waals surface area contributed by atoms with Gasteiger partial charge in [0.2, 0.25) is 0 Å². The van der Waals surface area contributed by atoms with Gasteiger partial charge in [0.15, 0.2) is 15.5 Å². The first-order valence-electron chi connectivity index (χ1n) is 10.8. The topological polar surface area (TPSA) is 112 Å². The highest BCUT2D eigenvalue weighted by atomic mass is 32.2. The van der Waals surface area contributed by atoms with E-state index in [9.17, 15) is 13.2 Å². The lowest BCUT2D eigenvalue weighted by atomic mass is 10.0. The summed E-state index contributed by atoms with van der Waals surface area (Å²) >= 11 is 0.